The monoisotopic (exact) mass is 314 g/mol. The molecule has 2 aromatic rings. The molecule has 0 radical (unpaired) electrons. The molecule has 5 rings (SSSR count). The van der Waals surface area contributed by atoms with Gasteiger partial charge in [-0.1, -0.05) is 5.21 Å². The minimum Gasteiger partial charge on any atom is -0.466 e. The molecular weight excluding hydrogens is 296 g/mol. The maximum atomic E-state index is 12.2. The van der Waals surface area contributed by atoms with Crippen molar-refractivity contribution in [2.75, 3.05) is 24.6 Å². The molecular formula is C15H18N6O2. The smallest absolute Gasteiger partial charge is 0.314 e. The third-order valence-corrected chi connectivity index (χ3v) is 5.26. The van der Waals surface area contributed by atoms with Crippen LogP contribution in [-0.2, 0) is 9.53 Å². The molecule has 0 N–H and O–H groups in total. The Morgan fingerprint density at radius 1 is 1.43 bits per heavy atom. The zero-order valence-corrected chi connectivity index (χ0v) is 13.0. The summed E-state index contributed by atoms with van der Waals surface area (Å²) in [7, 11) is 0. The van der Waals surface area contributed by atoms with E-state index < -0.39 is 0 Å². The van der Waals surface area contributed by atoms with Gasteiger partial charge in [0.2, 0.25) is 0 Å². The quantitative estimate of drug-likeness (QED) is 0.776. The first kappa shape index (κ1) is 13.2. The fraction of sp³-hybridized carbons (Fsp3) is 0.667. The van der Waals surface area contributed by atoms with E-state index in [1.165, 1.54) is 0 Å². The van der Waals surface area contributed by atoms with Crippen molar-refractivity contribution in [1.82, 2.24) is 25.0 Å². The first-order chi connectivity index (χ1) is 11.2. The van der Waals surface area contributed by atoms with Gasteiger partial charge in [-0.15, -0.1) is 5.10 Å². The van der Waals surface area contributed by atoms with Crippen molar-refractivity contribution >= 4 is 23.0 Å². The van der Waals surface area contributed by atoms with E-state index in [1.807, 2.05) is 11.6 Å². The summed E-state index contributed by atoms with van der Waals surface area (Å²) < 4.78 is 7.16. The minimum atomic E-state index is -0.334. The molecule has 2 unspecified atom stereocenters. The number of carbonyl (C=O) groups is 1. The van der Waals surface area contributed by atoms with Gasteiger partial charge in [0.25, 0.3) is 0 Å². The predicted octanol–water partition coefficient (Wildman–Crippen LogP) is 0.946. The van der Waals surface area contributed by atoms with E-state index in [2.05, 4.69) is 25.2 Å². The van der Waals surface area contributed by atoms with E-state index in [-0.39, 0.29) is 11.4 Å². The molecule has 0 bridgehead atoms. The van der Waals surface area contributed by atoms with Crippen LogP contribution in [0.4, 0.5) is 5.82 Å². The highest BCUT2D eigenvalue weighted by Gasteiger charge is 2.66. The van der Waals surface area contributed by atoms with Crippen LogP contribution in [0.2, 0.25) is 0 Å². The normalized spacial score (nSPS) is 28.9. The van der Waals surface area contributed by atoms with Gasteiger partial charge in [-0.3, -0.25) is 4.79 Å². The number of piperidine rings is 1. The number of nitrogens with zero attached hydrogens (tertiary/aromatic N) is 6. The largest absolute Gasteiger partial charge is 0.466 e. The number of hydrogen-bond donors (Lipinski definition) is 0. The van der Waals surface area contributed by atoms with Crippen molar-refractivity contribution in [2.45, 2.75) is 32.2 Å². The van der Waals surface area contributed by atoms with Crippen LogP contribution in [0.3, 0.4) is 0 Å². The van der Waals surface area contributed by atoms with Crippen LogP contribution in [0.1, 0.15) is 32.2 Å². The lowest BCUT2D eigenvalue weighted by Gasteiger charge is -2.21. The topological polar surface area (TPSA) is 86.0 Å². The van der Waals surface area contributed by atoms with Crippen LogP contribution >= 0.6 is 0 Å². The van der Waals surface area contributed by atoms with Gasteiger partial charge in [-0.05, 0) is 32.1 Å². The summed E-state index contributed by atoms with van der Waals surface area (Å²) in [4.78, 5) is 23.2. The van der Waals surface area contributed by atoms with Crippen LogP contribution in [0.5, 0.6) is 0 Å². The van der Waals surface area contributed by atoms with E-state index >= 15 is 0 Å². The maximum absolute atomic E-state index is 12.2. The van der Waals surface area contributed by atoms with E-state index in [1.54, 1.807) is 6.33 Å². The zero-order chi connectivity index (χ0) is 15.6. The first-order valence-corrected chi connectivity index (χ1v) is 8.21. The molecule has 1 saturated heterocycles. The van der Waals surface area contributed by atoms with E-state index in [9.17, 15) is 4.79 Å². The zero-order valence-electron chi connectivity index (χ0n) is 13.0. The molecule has 0 aromatic carbocycles. The fourth-order valence-electron chi connectivity index (χ4n) is 3.78. The van der Waals surface area contributed by atoms with Gasteiger partial charge in [0.05, 0.1) is 18.1 Å². The SMILES string of the molecule is CCOC(=O)C12CC1CN(c1ncnc3c1nnn3C1CC1)C2. The molecule has 8 nitrogen and oxygen atoms in total. The lowest BCUT2D eigenvalue weighted by atomic mass is 10.1. The second-order valence-electron chi connectivity index (χ2n) is 6.79. The number of rotatable bonds is 4. The highest BCUT2D eigenvalue weighted by molar-refractivity contribution is 5.86. The molecule has 1 aliphatic heterocycles. The van der Waals surface area contributed by atoms with Crippen LogP contribution in [0.15, 0.2) is 6.33 Å². The standard InChI is InChI=1S/C15H18N6O2/c1-2-23-14(22)15-5-9(15)6-20(7-15)12-11-13(17-8-16-12)21(19-18-11)10-3-4-10/h8-10H,2-7H2,1H3. The van der Waals surface area contributed by atoms with Gasteiger partial charge < -0.3 is 9.64 Å². The number of anilines is 1. The molecule has 8 heteroatoms. The summed E-state index contributed by atoms with van der Waals surface area (Å²) >= 11 is 0. The van der Waals surface area contributed by atoms with Crippen molar-refractivity contribution in [3.8, 4) is 0 Å². The summed E-state index contributed by atoms with van der Waals surface area (Å²) in [5.74, 6) is 1.09. The van der Waals surface area contributed by atoms with Gasteiger partial charge in [-0.25, -0.2) is 14.6 Å². The number of ether oxygens (including phenoxy) is 1. The van der Waals surface area contributed by atoms with Crippen molar-refractivity contribution in [3.63, 3.8) is 0 Å². The van der Waals surface area contributed by atoms with Gasteiger partial charge in [0.1, 0.15) is 6.33 Å². The summed E-state index contributed by atoms with van der Waals surface area (Å²) in [6, 6.07) is 0.431. The lowest BCUT2D eigenvalue weighted by molar-refractivity contribution is -0.149. The second kappa shape index (κ2) is 4.39. The Kier molecular flexibility index (Phi) is 2.52. The predicted molar refractivity (Wildman–Crippen MR) is 80.8 cm³/mol. The Morgan fingerprint density at radius 2 is 2.30 bits per heavy atom. The Hall–Kier alpha value is -2.25. The number of esters is 1. The summed E-state index contributed by atoms with van der Waals surface area (Å²) in [5.41, 5.74) is 1.20. The number of fused-ring (bicyclic) bond motifs is 2. The molecule has 2 saturated carbocycles. The second-order valence-corrected chi connectivity index (χ2v) is 6.79. The molecule has 3 heterocycles. The van der Waals surface area contributed by atoms with Crippen molar-refractivity contribution in [3.05, 3.63) is 6.33 Å². The number of aromatic nitrogens is 5. The Labute approximate surface area is 132 Å². The molecule has 2 aliphatic carbocycles. The maximum Gasteiger partial charge on any atom is 0.314 e. The third-order valence-electron chi connectivity index (χ3n) is 5.26. The average Bonchev–Trinajstić information content (AvgIpc) is 3.45. The summed E-state index contributed by atoms with van der Waals surface area (Å²) in [6.07, 6.45) is 4.76. The molecule has 3 aliphatic rings. The van der Waals surface area contributed by atoms with Gasteiger partial charge in [-0.2, -0.15) is 0 Å². The molecule has 2 aromatic heterocycles. The Bertz CT molecular complexity index is 800. The lowest BCUT2D eigenvalue weighted by Crippen LogP contribution is -2.30. The highest BCUT2D eigenvalue weighted by Crippen LogP contribution is 2.59. The summed E-state index contributed by atoms with van der Waals surface area (Å²) in [6.45, 7) is 3.75. The Morgan fingerprint density at radius 3 is 3.09 bits per heavy atom. The minimum absolute atomic E-state index is 0.0700. The van der Waals surface area contributed by atoms with Gasteiger partial charge in [0.15, 0.2) is 17.0 Å². The molecule has 120 valence electrons. The fourth-order valence-corrected chi connectivity index (χ4v) is 3.78. The van der Waals surface area contributed by atoms with Crippen LogP contribution in [0.25, 0.3) is 11.2 Å². The van der Waals surface area contributed by atoms with Crippen LogP contribution < -0.4 is 4.90 Å². The van der Waals surface area contributed by atoms with Crippen LogP contribution in [0, 0.1) is 11.3 Å². The average molecular weight is 314 g/mol. The Balaban J connectivity index is 1.47. The number of hydrogen-bond acceptors (Lipinski definition) is 7. The van der Waals surface area contributed by atoms with Crippen molar-refractivity contribution in [2.24, 2.45) is 11.3 Å². The van der Waals surface area contributed by atoms with E-state index in [0.717, 1.165) is 42.8 Å². The van der Waals surface area contributed by atoms with Gasteiger partial charge >= 0.3 is 5.97 Å². The van der Waals surface area contributed by atoms with Crippen molar-refractivity contribution in [1.29, 1.82) is 0 Å². The van der Waals surface area contributed by atoms with Gasteiger partial charge in [0, 0.05) is 13.1 Å². The number of carbonyl (C=O) groups excluding carboxylic acids is 1. The van der Waals surface area contributed by atoms with Crippen LogP contribution in [-0.4, -0.2) is 50.6 Å². The highest BCUT2D eigenvalue weighted by atomic mass is 16.5. The van der Waals surface area contributed by atoms with Crippen molar-refractivity contribution < 1.29 is 9.53 Å². The molecule has 0 amide bonds. The van der Waals surface area contributed by atoms with E-state index in [4.69, 9.17) is 4.74 Å². The molecule has 23 heavy (non-hydrogen) atoms. The molecule has 0 spiro atoms. The molecule has 3 fully saturated rings. The summed E-state index contributed by atoms with van der Waals surface area (Å²) in [5, 5.41) is 8.55. The third kappa shape index (κ3) is 1.80. The first-order valence-electron chi connectivity index (χ1n) is 8.21. The molecule has 2 atom stereocenters. The van der Waals surface area contributed by atoms with E-state index in [0.29, 0.717) is 25.1 Å².